The van der Waals surface area contributed by atoms with Gasteiger partial charge in [0.05, 0.1) is 18.7 Å². The van der Waals surface area contributed by atoms with Gasteiger partial charge < -0.3 is 15.8 Å². The van der Waals surface area contributed by atoms with Crippen molar-refractivity contribution in [2.75, 3.05) is 18.6 Å². The van der Waals surface area contributed by atoms with Crippen LogP contribution in [0, 0.1) is 5.82 Å². The lowest BCUT2D eigenvalue weighted by atomic mass is 10.0. The number of hydrogen-bond acceptors (Lipinski definition) is 4. The second-order valence-electron chi connectivity index (χ2n) is 5.12. The molecule has 0 fully saturated rings. The van der Waals surface area contributed by atoms with E-state index in [0.717, 1.165) is 24.2 Å². The average Bonchev–Trinajstić information content (AvgIpc) is 2.66. The first-order chi connectivity index (χ1) is 10.1. The van der Waals surface area contributed by atoms with Crippen molar-refractivity contribution < 1.29 is 13.9 Å². The van der Waals surface area contributed by atoms with Crippen molar-refractivity contribution in [1.82, 2.24) is 5.32 Å². The number of nitrogens with two attached hydrogens (primary N) is 1. The number of ether oxygens (including phenoxy) is 1. The van der Waals surface area contributed by atoms with Gasteiger partial charge in [0.1, 0.15) is 11.6 Å². The SMILES string of the molecule is CSCCC(N)C(=O)NC1CCCOc2cc(F)ccc21. The average molecular weight is 312 g/mol. The Labute approximate surface area is 128 Å². The third-order valence-electron chi connectivity index (χ3n) is 3.53. The molecule has 116 valence electrons. The second kappa shape index (κ2) is 7.66. The van der Waals surface area contributed by atoms with Gasteiger partial charge >= 0.3 is 0 Å². The van der Waals surface area contributed by atoms with Crippen LogP contribution in [0.3, 0.4) is 0 Å². The van der Waals surface area contributed by atoms with Crippen LogP contribution in [0.2, 0.25) is 0 Å². The number of fused-ring (bicyclic) bond motifs is 1. The lowest BCUT2D eigenvalue weighted by molar-refractivity contribution is -0.123. The van der Waals surface area contributed by atoms with Crippen molar-refractivity contribution in [3.8, 4) is 5.75 Å². The summed E-state index contributed by atoms with van der Waals surface area (Å²) in [6.45, 7) is 0.529. The first kappa shape index (κ1) is 16.1. The van der Waals surface area contributed by atoms with Crippen molar-refractivity contribution in [3.63, 3.8) is 0 Å². The third-order valence-corrected chi connectivity index (χ3v) is 4.18. The van der Waals surface area contributed by atoms with E-state index in [-0.39, 0.29) is 17.8 Å². The van der Waals surface area contributed by atoms with Crippen molar-refractivity contribution in [3.05, 3.63) is 29.6 Å². The van der Waals surface area contributed by atoms with Gasteiger partial charge in [0.15, 0.2) is 0 Å². The molecule has 1 aliphatic rings. The molecule has 1 aromatic carbocycles. The second-order valence-corrected chi connectivity index (χ2v) is 6.11. The lowest BCUT2D eigenvalue weighted by Crippen LogP contribution is -2.42. The summed E-state index contributed by atoms with van der Waals surface area (Å²) in [7, 11) is 0. The maximum Gasteiger partial charge on any atom is 0.237 e. The first-order valence-electron chi connectivity index (χ1n) is 7.09. The normalized spacial score (nSPS) is 19.1. The molecule has 3 N–H and O–H groups in total. The molecule has 1 aromatic rings. The molecule has 21 heavy (non-hydrogen) atoms. The summed E-state index contributed by atoms with van der Waals surface area (Å²) in [5.74, 6) is 0.864. The highest BCUT2D eigenvalue weighted by Gasteiger charge is 2.24. The highest BCUT2D eigenvalue weighted by Crippen LogP contribution is 2.32. The summed E-state index contributed by atoms with van der Waals surface area (Å²) in [6, 6.07) is 3.75. The molecule has 0 aromatic heterocycles. The molecule has 4 nitrogen and oxygen atoms in total. The van der Waals surface area contributed by atoms with Crippen LogP contribution in [0.25, 0.3) is 0 Å². The third kappa shape index (κ3) is 4.35. The zero-order valence-electron chi connectivity index (χ0n) is 12.1. The Morgan fingerprint density at radius 1 is 1.62 bits per heavy atom. The van der Waals surface area contributed by atoms with E-state index in [4.69, 9.17) is 10.5 Å². The van der Waals surface area contributed by atoms with Crippen LogP contribution in [-0.4, -0.2) is 30.6 Å². The molecular formula is C15H21FN2O2S. The topological polar surface area (TPSA) is 64.4 Å². The Morgan fingerprint density at radius 3 is 3.19 bits per heavy atom. The van der Waals surface area contributed by atoms with Crippen molar-refractivity contribution >= 4 is 17.7 Å². The molecule has 0 spiro atoms. The minimum atomic E-state index is -0.509. The van der Waals surface area contributed by atoms with Gasteiger partial charge in [0, 0.05) is 11.6 Å². The van der Waals surface area contributed by atoms with E-state index < -0.39 is 6.04 Å². The van der Waals surface area contributed by atoms with E-state index in [9.17, 15) is 9.18 Å². The molecule has 0 aliphatic carbocycles. The number of benzene rings is 1. The van der Waals surface area contributed by atoms with Crippen LogP contribution in [0.4, 0.5) is 4.39 Å². The lowest BCUT2D eigenvalue weighted by Gasteiger charge is -2.20. The van der Waals surface area contributed by atoms with E-state index in [0.29, 0.717) is 18.8 Å². The molecule has 0 saturated carbocycles. The monoisotopic (exact) mass is 312 g/mol. The van der Waals surface area contributed by atoms with Crippen molar-refractivity contribution in [2.24, 2.45) is 5.73 Å². The number of thioether (sulfide) groups is 1. The molecule has 6 heteroatoms. The fourth-order valence-corrected chi connectivity index (χ4v) is 2.84. The zero-order valence-corrected chi connectivity index (χ0v) is 12.9. The molecule has 2 rings (SSSR count). The minimum absolute atomic E-state index is 0.161. The molecule has 0 saturated heterocycles. The minimum Gasteiger partial charge on any atom is -0.493 e. The number of nitrogens with one attached hydrogen (secondary N) is 1. The Kier molecular flexibility index (Phi) is 5.87. The van der Waals surface area contributed by atoms with Gasteiger partial charge in [0.25, 0.3) is 0 Å². The fraction of sp³-hybridized carbons (Fsp3) is 0.533. The number of amides is 1. The Bertz CT molecular complexity index is 499. The molecule has 0 radical (unpaired) electrons. The van der Waals surface area contributed by atoms with Crippen molar-refractivity contribution in [1.29, 1.82) is 0 Å². The summed E-state index contributed by atoms with van der Waals surface area (Å²) < 4.78 is 18.8. The molecule has 2 unspecified atom stereocenters. The van der Waals surface area contributed by atoms with E-state index in [1.54, 1.807) is 17.8 Å². The molecule has 2 atom stereocenters. The van der Waals surface area contributed by atoms with Gasteiger partial charge in [-0.15, -0.1) is 0 Å². The number of rotatable bonds is 5. The first-order valence-corrected chi connectivity index (χ1v) is 8.48. The number of halogens is 1. The number of carbonyl (C=O) groups is 1. The van der Waals surface area contributed by atoms with Crippen molar-refractivity contribution in [2.45, 2.75) is 31.3 Å². The molecule has 1 heterocycles. The quantitative estimate of drug-likeness (QED) is 0.875. The van der Waals surface area contributed by atoms with Gasteiger partial charge in [-0.25, -0.2) is 4.39 Å². The van der Waals surface area contributed by atoms with Crippen LogP contribution < -0.4 is 15.8 Å². The summed E-state index contributed by atoms with van der Waals surface area (Å²) in [6.07, 6.45) is 4.20. The Balaban J connectivity index is 2.08. The summed E-state index contributed by atoms with van der Waals surface area (Å²) in [5.41, 5.74) is 6.71. The van der Waals surface area contributed by atoms with Gasteiger partial charge in [-0.2, -0.15) is 11.8 Å². The summed E-state index contributed by atoms with van der Waals surface area (Å²) >= 11 is 1.67. The highest BCUT2D eigenvalue weighted by molar-refractivity contribution is 7.98. The predicted molar refractivity (Wildman–Crippen MR) is 83.0 cm³/mol. The Morgan fingerprint density at radius 2 is 2.43 bits per heavy atom. The van der Waals surface area contributed by atoms with Crippen LogP contribution in [0.15, 0.2) is 18.2 Å². The number of hydrogen-bond donors (Lipinski definition) is 2. The van der Waals surface area contributed by atoms with Gasteiger partial charge in [0.2, 0.25) is 5.91 Å². The molecule has 0 bridgehead atoms. The smallest absolute Gasteiger partial charge is 0.237 e. The maximum absolute atomic E-state index is 13.3. The van der Waals surface area contributed by atoms with E-state index in [2.05, 4.69) is 5.32 Å². The van der Waals surface area contributed by atoms with E-state index in [1.165, 1.54) is 12.1 Å². The largest absolute Gasteiger partial charge is 0.493 e. The standard InChI is InChI=1S/C15H21FN2O2S/c1-21-8-6-12(17)15(19)18-13-3-2-7-20-14-9-10(16)4-5-11(13)14/h4-5,9,12-13H,2-3,6-8,17H2,1H3,(H,18,19). The number of carbonyl (C=O) groups excluding carboxylic acids is 1. The van der Waals surface area contributed by atoms with E-state index in [1.807, 2.05) is 6.26 Å². The van der Waals surface area contributed by atoms with Gasteiger partial charge in [-0.05, 0) is 37.3 Å². The maximum atomic E-state index is 13.3. The summed E-state index contributed by atoms with van der Waals surface area (Å²) in [5, 5.41) is 2.97. The zero-order chi connectivity index (χ0) is 15.2. The highest BCUT2D eigenvalue weighted by atomic mass is 32.2. The predicted octanol–water partition coefficient (Wildman–Crippen LogP) is 2.24. The van der Waals surface area contributed by atoms with Crippen LogP contribution >= 0.6 is 11.8 Å². The molecular weight excluding hydrogens is 291 g/mol. The summed E-state index contributed by atoms with van der Waals surface area (Å²) in [4.78, 5) is 12.1. The van der Waals surface area contributed by atoms with Crippen LogP contribution in [0.1, 0.15) is 30.9 Å². The molecule has 1 aliphatic heterocycles. The fourth-order valence-electron chi connectivity index (χ4n) is 2.35. The van der Waals surface area contributed by atoms with Crippen LogP contribution in [0.5, 0.6) is 5.75 Å². The van der Waals surface area contributed by atoms with E-state index >= 15 is 0 Å². The van der Waals surface area contributed by atoms with Gasteiger partial charge in [-0.1, -0.05) is 6.07 Å². The molecule has 1 amide bonds. The van der Waals surface area contributed by atoms with Gasteiger partial charge in [-0.3, -0.25) is 4.79 Å². The Hall–Kier alpha value is -1.27. The van der Waals surface area contributed by atoms with Crippen LogP contribution in [-0.2, 0) is 4.79 Å².